The van der Waals surface area contributed by atoms with Crippen molar-refractivity contribution in [3.63, 3.8) is 0 Å². The summed E-state index contributed by atoms with van der Waals surface area (Å²) in [6, 6.07) is 6.01. The Hall–Kier alpha value is -1.53. The van der Waals surface area contributed by atoms with Crippen molar-refractivity contribution in [1.29, 1.82) is 0 Å². The number of carbonyl (C=O) groups is 1. The highest BCUT2D eigenvalue weighted by Crippen LogP contribution is 2.30. The highest BCUT2D eigenvalue weighted by Gasteiger charge is 2.19. The molecule has 0 N–H and O–H groups in total. The molecule has 0 atom stereocenters. The zero-order valence-corrected chi connectivity index (χ0v) is 11.3. The van der Waals surface area contributed by atoms with Crippen LogP contribution in [0.15, 0.2) is 23.4 Å². The summed E-state index contributed by atoms with van der Waals surface area (Å²) in [7, 11) is 0. The predicted octanol–water partition coefficient (Wildman–Crippen LogP) is 3.10. The van der Waals surface area contributed by atoms with Gasteiger partial charge in [-0.05, 0) is 18.3 Å². The van der Waals surface area contributed by atoms with Gasteiger partial charge in [-0.25, -0.2) is 4.79 Å². The highest BCUT2D eigenvalue weighted by molar-refractivity contribution is 7.73. The molecule has 0 saturated carbocycles. The molecule has 92 valence electrons. The van der Waals surface area contributed by atoms with Gasteiger partial charge in [0, 0.05) is 25.5 Å². The van der Waals surface area contributed by atoms with E-state index in [1.807, 2.05) is 18.2 Å². The fourth-order valence-electron chi connectivity index (χ4n) is 2.13. The number of hydrogen-bond donors (Lipinski definition) is 0. The average molecular weight is 278 g/mol. The van der Waals surface area contributed by atoms with Gasteiger partial charge in [-0.3, -0.25) is 0 Å². The largest absolute Gasteiger partial charge is 0.331 e. The van der Waals surface area contributed by atoms with Crippen LogP contribution in [0.2, 0.25) is 0 Å². The van der Waals surface area contributed by atoms with Crippen LogP contribution < -0.4 is 0 Å². The average Bonchev–Trinajstić information content (AvgIpc) is 2.67. The van der Waals surface area contributed by atoms with Crippen LogP contribution in [0, 0.1) is 3.95 Å². The summed E-state index contributed by atoms with van der Waals surface area (Å²) >= 11 is 6.95. The molecule has 1 aromatic carbocycles. The van der Waals surface area contributed by atoms with Crippen molar-refractivity contribution < 1.29 is 9.63 Å². The topological polar surface area (TPSA) is 43.6 Å². The molecule has 1 aliphatic heterocycles. The Bertz CT molecular complexity index is 727. The second-order valence-electron chi connectivity index (χ2n) is 4.04. The Morgan fingerprint density at radius 3 is 3.17 bits per heavy atom. The molecule has 3 rings (SSSR count). The Labute approximate surface area is 112 Å². The summed E-state index contributed by atoms with van der Waals surface area (Å²) in [5.74, 6) is -0.401. The first-order valence-electron chi connectivity index (χ1n) is 5.54. The minimum absolute atomic E-state index is 0.401. The van der Waals surface area contributed by atoms with Crippen molar-refractivity contribution in [2.24, 2.45) is 5.16 Å². The zero-order valence-electron chi connectivity index (χ0n) is 9.67. The summed E-state index contributed by atoms with van der Waals surface area (Å²) in [5.41, 5.74) is 2.92. The molecule has 18 heavy (non-hydrogen) atoms. The molecule has 4 nitrogen and oxygen atoms in total. The first kappa shape index (κ1) is 11.6. The van der Waals surface area contributed by atoms with E-state index in [1.54, 1.807) is 11.3 Å². The van der Waals surface area contributed by atoms with Crippen molar-refractivity contribution in [1.82, 2.24) is 4.57 Å². The molecule has 0 bridgehead atoms. The highest BCUT2D eigenvalue weighted by atomic mass is 32.1. The quantitative estimate of drug-likeness (QED) is 0.457. The fraction of sp³-hybridized carbons (Fsp3) is 0.250. The van der Waals surface area contributed by atoms with Crippen LogP contribution in [-0.4, -0.2) is 16.2 Å². The van der Waals surface area contributed by atoms with E-state index < -0.39 is 5.97 Å². The SMILES string of the molecule is CC(=O)O/N=C1\CCn2c(=S)sc3cccc1c32. The number of thiazole rings is 1. The monoisotopic (exact) mass is 278 g/mol. The first-order chi connectivity index (χ1) is 8.66. The van der Waals surface area contributed by atoms with Crippen LogP contribution in [0.5, 0.6) is 0 Å². The lowest BCUT2D eigenvalue weighted by Crippen LogP contribution is -2.15. The molecule has 6 heteroatoms. The normalized spacial score (nSPS) is 16.2. The number of benzene rings is 1. The van der Waals surface area contributed by atoms with Crippen LogP contribution in [0.3, 0.4) is 0 Å². The minimum atomic E-state index is -0.401. The van der Waals surface area contributed by atoms with Crippen molar-refractivity contribution >= 4 is 45.5 Å². The number of carbonyl (C=O) groups excluding carboxylic acids is 1. The Morgan fingerprint density at radius 1 is 1.56 bits per heavy atom. The molecule has 0 amide bonds. The third-order valence-electron chi connectivity index (χ3n) is 2.85. The smallest absolute Gasteiger partial charge is 0.322 e. The van der Waals surface area contributed by atoms with Gasteiger partial charge in [-0.1, -0.05) is 17.3 Å². The second kappa shape index (κ2) is 4.29. The van der Waals surface area contributed by atoms with Crippen molar-refractivity contribution in [2.45, 2.75) is 19.9 Å². The van der Waals surface area contributed by atoms with Gasteiger partial charge in [0.1, 0.15) is 0 Å². The first-order valence-corrected chi connectivity index (χ1v) is 6.76. The van der Waals surface area contributed by atoms with E-state index in [-0.39, 0.29) is 0 Å². The zero-order chi connectivity index (χ0) is 12.7. The van der Waals surface area contributed by atoms with E-state index in [0.29, 0.717) is 0 Å². The number of oxime groups is 1. The van der Waals surface area contributed by atoms with Gasteiger partial charge in [-0.2, -0.15) is 0 Å². The minimum Gasteiger partial charge on any atom is -0.322 e. The fourth-order valence-corrected chi connectivity index (χ4v) is 3.52. The van der Waals surface area contributed by atoms with Crippen LogP contribution in [0.4, 0.5) is 0 Å². The molecule has 0 saturated heterocycles. The maximum absolute atomic E-state index is 10.8. The molecule has 0 fully saturated rings. The van der Waals surface area contributed by atoms with Crippen LogP contribution in [-0.2, 0) is 16.2 Å². The van der Waals surface area contributed by atoms with Crippen molar-refractivity contribution in [3.05, 3.63) is 27.7 Å². The Morgan fingerprint density at radius 2 is 2.39 bits per heavy atom. The lowest BCUT2D eigenvalue weighted by atomic mass is 10.0. The third-order valence-corrected chi connectivity index (χ3v) is 4.27. The van der Waals surface area contributed by atoms with Crippen LogP contribution >= 0.6 is 23.6 Å². The van der Waals surface area contributed by atoms with Gasteiger partial charge >= 0.3 is 5.97 Å². The molecule has 2 aromatic rings. The third kappa shape index (κ3) is 1.77. The van der Waals surface area contributed by atoms with Gasteiger partial charge in [-0.15, -0.1) is 11.3 Å². The Kier molecular flexibility index (Phi) is 2.76. The van der Waals surface area contributed by atoms with Gasteiger partial charge in [0.25, 0.3) is 0 Å². The number of nitrogens with zero attached hydrogens (tertiary/aromatic N) is 2. The summed E-state index contributed by atoms with van der Waals surface area (Å²) in [5, 5.41) is 3.94. The summed E-state index contributed by atoms with van der Waals surface area (Å²) in [6.45, 7) is 2.13. The van der Waals surface area contributed by atoms with E-state index in [0.717, 1.165) is 38.4 Å². The summed E-state index contributed by atoms with van der Waals surface area (Å²) < 4.78 is 4.15. The molecule has 0 aliphatic carbocycles. The van der Waals surface area contributed by atoms with E-state index in [2.05, 4.69) is 9.72 Å². The lowest BCUT2D eigenvalue weighted by Gasteiger charge is -2.16. The molecule has 0 radical (unpaired) electrons. The number of rotatable bonds is 1. The molecule has 1 aromatic heterocycles. The molecular weight excluding hydrogens is 268 g/mol. The predicted molar refractivity (Wildman–Crippen MR) is 73.6 cm³/mol. The van der Waals surface area contributed by atoms with Crippen LogP contribution in [0.1, 0.15) is 18.9 Å². The van der Waals surface area contributed by atoms with Gasteiger partial charge in [0.15, 0.2) is 3.95 Å². The molecule has 1 aliphatic rings. The van der Waals surface area contributed by atoms with Gasteiger partial charge in [0.05, 0.1) is 15.9 Å². The second-order valence-corrected chi connectivity index (χ2v) is 5.72. The maximum atomic E-state index is 10.8. The maximum Gasteiger partial charge on any atom is 0.331 e. The number of aryl methyl sites for hydroxylation is 1. The number of hydrogen-bond acceptors (Lipinski definition) is 5. The van der Waals surface area contributed by atoms with E-state index in [1.165, 1.54) is 6.92 Å². The van der Waals surface area contributed by atoms with Gasteiger partial charge in [0.2, 0.25) is 0 Å². The molecule has 0 unspecified atom stereocenters. The number of para-hydroxylation sites is 1. The molecular formula is C12H10N2O2S2. The molecule has 0 spiro atoms. The number of aromatic nitrogens is 1. The molecule has 2 heterocycles. The van der Waals surface area contributed by atoms with E-state index in [9.17, 15) is 4.79 Å². The summed E-state index contributed by atoms with van der Waals surface area (Å²) in [4.78, 5) is 15.6. The van der Waals surface area contributed by atoms with Crippen LogP contribution in [0.25, 0.3) is 10.2 Å². The van der Waals surface area contributed by atoms with Gasteiger partial charge < -0.3 is 9.40 Å². The lowest BCUT2D eigenvalue weighted by molar-refractivity contribution is -0.140. The van der Waals surface area contributed by atoms with Crippen molar-refractivity contribution in [3.8, 4) is 0 Å². The van der Waals surface area contributed by atoms with Crippen molar-refractivity contribution in [2.75, 3.05) is 0 Å². The summed E-state index contributed by atoms with van der Waals surface area (Å²) in [6.07, 6.45) is 0.727. The van der Waals surface area contributed by atoms with E-state index >= 15 is 0 Å². The Balaban J connectivity index is 2.21. The van der Waals surface area contributed by atoms with E-state index in [4.69, 9.17) is 17.1 Å². The standard InChI is InChI=1S/C12H10N2O2S2/c1-7(15)16-13-9-5-6-14-11-8(9)3-2-4-10(11)18-12(14)17/h2-4H,5-6H2,1H3/b13-9+.